The summed E-state index contributed by atoms with van der Waals surface area (Å²) in [5.41, 5.74) is 0. The monoisotopic (exact) mass is 284 g/mol. The van der Waals surface area contributed by atoms with Crippen LogP contribution in [0.1, 0.15) is 60.3 Å². The second-order valence-corrected chi connectivity index (χ2v) is 6.76. The van der Waals surface area contributed by atoms with E-state index in [4.69, 9.17) is 9.47 Å². The zero-order valence-corrected chi connectivity index (χ0v) is 14.0. The van der Waals surface area contributed by atoms with Crippen LogP contribution in [0, 0.1) is 17.8 Å². The summed E-state index contributed by atoms with van der Waals surface area (Å²) in [6.07, 6.45) is 4.42. The Morgan fingerprint density at radius 3 is 2.45 bits per heavy atom. The fourth-order valence-electron chi connectivity index (χ4n) is 3.33. The van der Waals surface area contributed by atoms with Gasteiger partial charge in [-0.25, -0.2) is 0 Å². The highest BCUT2D eigenvalue weighted by Gasteiger charge is 2.40. The summed E-state index contributed by atoms with van der Waals surface area (Å²) in [7, 11) is 1.75. The van der Waals surface area contributed by atoms with Crippen molar-refractivity contribution in [3.63, 3.8) is 0 Å². The van der Waals surface area contributed by atoms with E-state index in [9.17, 15) is 4.79 Å². The number of carbonyl (C=O) groups excluding carboxylic acids is 1. The molecule has 6 atom stereocenters. The Labute approximate surface area is 124 Å². The quantitative estimate of drug-likeness (QED) is 0.679. The summed E-state index contributed by atoms with van der Waals surface area (Å²) in [6, 6.07) is 0. The van der Waals surface area contributed by atoms with E-state index in [1.807, 2.05) is 0 Å². The maximum atomic E-state index is 11.3. The van der Waals surface area contributed by atoms with Gasteiger partial charge in [0.2, 0.25) is 0 Å². The third-order valence-corrected chi connectivity index (χ3v) is 4.74. The van der Waals surface area contributed by atoms with Crippen molar-refractivity contribution in [3.8, 4) is 0 Å². The van der Waals surface area contributed by atoms with Gasteiger partial charge in [-0.1, -0.05) is 34.1 Å². The first-order valence-electron chi connectivity index (χ1n) is 8.06. The van der Waals surface area contributed by atoms with Gasteiger partial charge < -0.3 is 14.3 Å². The van der Waals surface area contributed by atoms with Crippen molar-refractivity contribution in [1.29, 1.82) is 0 Å². The molecule has 1 unspecified atom stereocenters. The van der Waals surface area contributed by atoms with Crippen LogP contribution in [0.5, 0.6) is 0 Å². The second kappa shape index (κ2) is 8.14. The smallest absolute Gasteiger partial charge is 0.130 e. The van der Waals surface area contributed by atoms with E-state index < -0.39 is 0 Å². The van der Waals surface area contributed by atoms with Crippen LogP contribution in [0.4, 0.5) is 0 Å². The number of ether oxygens (including phenoxy) is 2. The first-order chi connectivity index (χ1) is 9.38. The molecule has 0 amide bonds. The van der Waals surface area contributed by atoms with Crippen molar-refractivity contribution >= 4 is 5.78 Å². The van der Waals surface area contributed by atoms with Gasteiger partial charge in [-0.15, -0.1) is 0 Å². The van der Waals surface area contributed by atoms with Crippen LogP contribution in [0.25, 0.3) is 0 Å². The topological polar surface area (TPSA) is 35.5 Å². The van der Waals surface area contributed by atoms with E-state index >= 15 is 0 Å². The van der Waals surface area contributed by atoms with E-state index in [0.717, 1.165) is 12.3 Å². The molecule has 3 nitrogen and oxygen atoms in total. The van der Waals surface area contributed by atoms with Gasteiger partial charge in [0.15, 0.2) is 0 Å². The van der Waals surface area contributed by atoms with Crippen molar-refractivity contribution in [2.45, 2.75) is 78.6 Å². The lowest BCUT2D eigenvalue weighted by molar-refractivity contribution is -0.120. The maximum Gasteiger partial charge on any atom is 0.130 e. The third-order valence-electron chi connectivity index (χ3n) is 4.74. The number of Topliss-reactive ketones (excluding diaryl/α,β-unsaturated/α-hetero) is 1. The van der Waals surface area contributed by atoms with Crippen LogP contribution < -0.4 is 0 Å². The first kappa shape index (κ1) is 17.6. The second-order valence-electron chi connectivity index (χ2n) is 6.76. The average molecular weight is 284 g/mol. The molecule has 0 bridgehead atoms. The SMILES string of the molecule is CC[C@H](C)C[C@H](C)[C@@H]1C[C@H](OC)C([C@@H](C)CC(C)=O)O1. The fraction of sp³-hybridized carbons (Fsp3) is 0.941. The predicted molar refractivity (Wildman–Crippen MR) is 81.8 cm³/mol. The summed E-state index contributed by atoms with van der Waals surface area (Å²) < 4.78 is 11.9. The molecule has 0 saturated carbocycles. The van der Waals surface area contributed by atoms with Crippen molar-refractivity contribution in [3.05, 3.63) is 0 Å². The highest BCUT2D eigenvalue weighted by atomic mass is 16.6. The summed E-state index contributed by atoms with van der Waals surface area (Å²) in [5, 5.41) is 0. The van der Waals surface area contributed by atoms with Gasteiger partial charge >= 0.3 is 0 Å². The van der Waals surface area contributed by atoms with Crippen LogP contribution in [-0.4, -0.2) is 31.2 Å². The molecule has 1 rings (SSSR count). The molecule has 1 aliphatic rings. The summed E-state index contributed by atoms with van der Waals surface area (Å²) in [6.45, 7) is 10.6. The van der Waals surface area contributed by atoms with E-state index in [1.54, 1.807) is 14.0 Å². The van der Waals surface area contributed by atoms with Gasteiger partial charge in [-0.05, 0) is 31.1 Å². The molecule has 1 saturated heterocycles. The number of methoxy groups -OCH3 is 1. The number of rotatable bonds is 8. The molecule has 20 heavy (non-hydrogen) atoms. The van der Waals surface area contributed by atoms with E-state index in [2.05, 4.69) is 27.7 Å². The molecule has 1 fully saturated rings. The minimum Gasteiger partial charge on any atom is -0.379 e. The van der Waals surface area contributed by atoms with Gasteiger partial charge in [-0.2, -0.15) is 0 Å². The molecule has 1 aliphatic heterocycles. The maximum absolute atomic E-state index is 11.3. The summed E-state index contributed by atoms with van der Waals surface area (Å²) in [4.78, 5) is 11.3. The molecule has 0 spiro atoms. The van der Waals surface area contributed by atoms with Crippen LogP contribution in [-0.2, 0) is 14.3 Å². The van der Waals surface area contributed by atoms with Gasteiger partial charge in [-0.3, -0.25) is 0 Å². The Bertz CT molecular complexity index is 303. The number of hydrogen-bond donors (Lipinski definition) is 0. The predicted octanol–water partition coefficient (Wildman–Crippen LogP) is 3.85. The molecule has 0 aromatic heterocycles. The largest absolute Gasteiger partial charge is 0.379 e. The Morgan fingerprint density at radius 1 is 1.30 bits per heavy atom. The molecule has 0 aromatic carbocycles. The molecule has 0 radical (unpaired) electrons. The highest BCUT2D eigenvalue weighted by molar-refractivity contribution is 5.75. The van der Waals surface area contributed by atoms with Crippen molar-refractivity contribution in [2.75, 3.05) is 7.11 Å². The number of hydrogen-bond acceptors (Lipinski definition) is 3. The Balaban J connectivity index is 2.60. The molecule has 1 heterocycles. The molecular formula is C17H32O3. The van der Waals surface area contributed by atoms with Crippen molar-refractivity contribution in [2.24, 2.45) is 17.8 Å². The van der Waals surface area contributed by atoms with Crippen molar-refractivity contribution < 1.29 is 14.3 Å². The highest BCUT2D eigenvalue weighted by Crippen LogP contribution is 2.35. The zero-order chi connectivity index (χ0) is 15.3. The van der Waals surface area contributed by atoms with Gasteiger partial charge in [0.25, 0.3) is 0 Å². The van der Waals surface area contributed by atoms with Crippen LogP contribution >= 0.6 is 0 Å². The first-order valence-corrected chi connectivity index (χ1v) is 8.06. The summed E-state index contributed by atoms with van der Waals surface area (Å²) in [5.74, 6) is 1.76. The Hall–Kier alpha value is -0.410. The Kier molecular flexibility index (Phi) is 7.18. The standard InChI is InChI=1S/C17H32O3/c1-7-11(2)8-12(3)15-10-16(19-6)17(20-15)13(4)9-14(5)18/h11-13,15-17H,7-10H2,1-6H3/t11-,12-,13-,15-,16-,17?/m0/s1. The lowest BCUT2D eigenvalue weighted by Gasteiger charge is -2.25. The van der Waals surface area contributed by atoms with E-state index in [0.29, 0.717) is 12.3 Å². The minimum atomic E-state index is 0.0632. The van der Waals surface area contributed by atoms with Crippen LogP contribution in [0.3, 0.4) is 0 Å². The molecule has 118 valence electrons. The van der Waals surface area contributed by atoms with E-state index in [-0.39, 0.29) is 30.0 Å². The third kappa shape index (κ3) is 4.85. The van der Waals surface area contributed by atoms with Gasteiger partial charge in [0, 0.05) is 20.0 Å². The number of ketones is 1. The Morgan fingerprint density at radius 2 is 1.95 bits per heavy atom. The average Bonchev–Trinajstić information content (AvgIpc) is 2.81. The lowest BCUT2D eigenvalue weighted by Crippen LogP contribution is -2.31. The molecule has 0 aromatic rings. The van der Waals surface area contributed by atoms with Crippen LogP contribution in [0.2, 0.25) is 0 Å². The number of carbonyl (C=O) groups is 1. The molecule has 3 heteroatoms. The molecule has 0 N–H and O–H groups in total. The van der Waals surface area contributed by atoms with Crippen molar-refractivity contribution in [1.82, 2.24) is 0 Å². The lowest BCUT2D eigenvalue weighted by atomic mass is 9.89. The van der Waals surface area contributed by atoms with Crippen LogP contribution in [0.15, 0.2) is 0 Å². The normalized spacial score (nSPS) is 31.0. The molecular weight excluding hydrogens is 252 g/mol. The van der Waals surface area contributed by atoms with Gasteiger partial charge in [0.1, 0.15) is 5.78 Å². The van der Waals surface area contributed by atoms with E-state index in [1.165, 1.54) is 12.8 Å². The molecule has 0 aliphatic carbocycles. The fourth-order valence-corrected chi connectivity index (χ4v) is 3.33. The minimum absolute atomic E-state index is 0.0632. The van der Waals surface area contributed by atoms with Gasteiger partial charge in [0.05, 0.1) is 18.3 Å². The zero-order valence-electron chi connectivity index (χ0n) is 14.0. The summed E-state index contributed by atoms with van der Waals surface area (Å²) >= 11 is 0.